The number of nitrogens with zero attached hydrogens (tertiary/aromatic N) is 1. The minimum absolute atomic E-state index is 0.205. The minimum Gasteiger partial charge on any atom is -0.493 e. The molecular weight excluding hydrogens is 511 g/mol. The molecule has 2 aromatic rings. The Morgan fingerprint density at radius 1 is 1.17 bits per heavy atom. The molecule has 2 aromatic carbocycles. The maximum absolute atomic E-state index is 13.0. The molecule has 3 rings (SSSR count). The van der Waals surface area contributed by atoms with Gasteiger partial charge in [0, 0.05) is 11.7 Å². The first-order valence-corrected chi connectivity index (χ1v) is 12.5. The van der Waals surface area contributed by atoms with Crippen molar-refractivity contribution in [3.05, 3.63) is 68.2 Å². The number of methoxy groups -OCH3 is 1. The molecule has 7 nitrogen and oxygen atoms in total. The summed E-state index contributed by atoms with van der Waals surface area (Å²) in [5.74, 6) is -2.10. The lowest BCUT2D eigenvalue weighted by Crippen LogP contribution is -2.44. The first-order valence-electron chi connectivity index (χ1n) is 10.8. The van der Waals surface area contributed by atoms with Crippen molar-refractivity contribution >= 4 is 46.8 Å². The molecule has 1 aliphatic rings. The molecule has 0 saturated heterocycles. The highest BCUT2D eigenvalue weighted by atomic mass is 35.5. The van der Waals surface area contributed by atoms with Crippen molar-refractivity contribution in [1.29, 1.82) is 5.26 Å². The smallest absolute Gasteiger partial charge is 0.319 e. The summed E-state index contributed by atoms with van der Waals surface area (Å²) in [5, 5.41) is 13.5. The summed E-state index contributed by atoms with van der Waals surface area (Å²) in [7, 11) is 1.19. The standard InChI is InChI=1S/C25H24Cl2N2O5S/c1-4-33-22-18(26)11-15(12-19(22)27)20-17(13-28)24(29-23(30)21(20)25(31)32-3)35-10-9-34-16-7-5-14(2)6-8-16/h5-8,11-12,20-21H,4,9-10H2,1-3H3,(H,29,30)/t20-,21+/m0/s1. The Morgan fingerprint density at radius 3 is 2.40 bits per heavy atom. The van der Waals surface area contributed by atoms with E-state index in [0.717, 1.165) is 11.3 Å². The molecule has 1 N–H and O–H groups in total. The van der Waals surface area contributed by atoms with Crippen LogP contribution >= 0.6 is 35.0 Å². The Balaban J connectivity index is 1.92. The number of benzene rings is 2. The molecule has 0 fully saturated rings. The predicted molar refractivity (Wildman–Crippen MR) is 136 cm³/mol. The van der Waals surface area contributed by atoms with Crippen LogP contribution in [0, 0.1) is 24.2 Å². The summed E-state index contributed by atoms with van der Waals surface area (Å²) >= 11 is 14.0. The summed E-state index contributed by atoms with van der Waals surface area (Å²) < 4.78 is 16.1. The quantitative estimate of drug-likeness (QED) is 0.266. The third kappa shape index (κ3) is 6.23. The molecule has 10 heteroatoms. The number of nitriles is 1. The van der Waals surface area contributed by atoms with Crippen molar-refractivity contribution in [1.82, 2.24) is 5.32 Å². The van der Waals surface area contributed by atoms with Crippen LogP contribution in [0.15, 0.2) is 47.0 Å². The van der Waals surface area contributed by atoms with E-state index in [2.05, 4.69) is 11.4 Å². The van der Waals surface area contributed by atoms with Gasteiger partial charge in [0.2, 0.25) is 5.91 Å². The van der Waals surface area contributed by atoms with Crippen LogP contribution in [0.2, 0.25) is 10.0 Å². The molecule has 0 bridgehead atoms. The summed E-state index contributed by atoms with van der Waals surface area (Å²) in [5.41, 5.74) is 1.76. The van der Waals surface area contributed by atoms with Crippen molar-refractivity contribution in [3.63, 3.8) is 0 Å². The van der Waals surface area contributed by atoms with E-state index in [0.29, 0.717) is 35.3 Å². The molecule has 1 amide bonds. The van der Waals surface area contributed by atoms with Gasteiger partial charge in [-0.3, -0.25) is 9.59 Å². The number of rotatable bonds is 9. The number of nitrogens with one attached hydrogen (secondary N) is 1. The number of allylic oxidation sites excluding steroid dienone is 1. The average Bonchev–Trinajstić information content (AvgIpc) is 2.84. The van der Waals surface area contributed by atoms with Gasteiger partial charge in [0.25, 0.3) is 0 Å². The lowest BCUT2D eigenvalue weighted by atomic mass is 9.78. The molecule has 1 aliphatic heterocycles. The van der Waals surface area contributed by atoms with Gasteiger partial charge in [-0.25, -0.2) is 0 Å². The Hall–Kier alpha value is -2.86. The van der Waals surface area contributed by atoms with Crippen LogP contribution in [0.5, 0.6) is 11.5 Å². The second-order valence-corrected chi connectivity index (χ2v) is 9.50. The molecule has 184 valence electrons. The van der Waals surface area contributed by atoms with E-state index in [4.69, 9.17) is 37.4 Å². The van der Waals surface area contributed by atoms with Crippen molar-refractivity contribution < 1.29 is 23.8 Å². The Morgan fingerprint density at radius 2 is 1.83 bits per heavy atom. The van der Waals surface area contributed by atoms with E-state index in [9.17, 15) is 14.9 Å². The highest BCUT2D eigenvalue weighted by Gasteiger charge is 2.44. The zero-order valence-corrected chi connectivity index (χ0v) is 21.7. The fraction of sp³-hybridized carbons (Fsp3) is 0.320. The number of halogens is 2. The molecule has 1 heterocycles. The van der Waals surface area contributed by atoms with E-state index in [1.807, 2.05) is 31.2 Å². The largest absolute Gasteiger partial charge is 0.493 e. The van der Waals surface area contributed by atoms with Crippen molar-refractivity contribution in [2.24, 2.45) is 5.92 Å². The zero-order valence-electron chi connectivity index (χ0n) is 19.4. The first kappa shape index (κ1) is 26.7. The number of hydrogen-bond acceptors (Lipinski definition) is 7. The second-order valence-electron chi connectivity index (χ2n) is 7.58. The minimum atomic E-state index is -1.28. The van der Waals surface area contributed by atoms with E-state index < -0.39 is 23.7 Å². The monoisotopic (exact) mass is 534 g/mol. The third-order valence-corrected chi connectivity index (χ3v) is 6.81. The molecule has 2 atom stereocenters. The fourth-order valence-corrected chi connectivity index (χ4v) is 5.14. The SMILES string of the molecule is CCOc1c(Cl)cc([C@H]2C(C#N)=C(SCCOc3ccc(C)cc3)NC(=O)[C@@H]2C(=O)OC)cc1Cl. The van der Waals surface area contributed by atoms with E-state index in [-0.39, 0.29) is 15.6 Å². The van der Waals surface area contributed by atoms with Gasteiger partial charge in [-0.05, 0) is 43.7 Å². The maximum atomic E-state index is 13.0. The second kappa shape index (κ2) is 12.2. The van der Waals surface area contributed by atoms with Gasteiger partial charge in [0.15, 0.2) is 5.75 Å². The zero-order chi connectivity index (χ0) is 25.5. The fourth-order valence-electron chi connectivity index (χ4n) is 3.66. The number of carbonyl (C=O) groups is 2. The number of thioether (sulfide) groups is 1. The van der Waals surface area contributed by atoms with Gasteiger partial charge in [0.05, 0.1) is 47.0 Å². The lowest BCUT2D eigenvalue weighted by molar-refractivity contribution is -0.150. The topological polar surface area (TPSA) is 97.6 Å². The Labute approximate surface area is 218 Å². The van der Waals surface area contributed by atoms with Crippen LogP contribution in [-0.2, 0) is 14.3 Å². The lowest BCUT2D eigenvalue weighted by Gasteiger charge is -2.31. The van der Waals surface area contributed by atoms with Crippen LogP contribution in [0.1, 0.15) is 24.0 Å². The average molecular weight is 535 g/mol. The number of ether oxygens (including phenoxy) is 3. The molecule has 0 saturated carbocycles. The summed E-state index contributed by atoms with van der Waals surface area (Å²) in [6.07, 6.45) is 0. The molecule has 35 heavy (non-hydrogen) atoms. The molecule has 0 unspecified atom stereocenters. The summed E-state index contributed by atoms with van der Waals surface area (Å²) in [6, 6.07) is 12.9. The number of carbonyl (C=O) groups excluding carboxylic acids is 2. The predicted octanol–water partition coefficient (Wildman–Crippen LogP) is 5.25. The third-order valence-electron chi connectivity index (χ3n) is 5.27. The Kier molecular flexibility index (Phi) is 9.33. The maximum Gasteiger partial charge on any atom is 0.319 e. The van der Waals surface area contributed by atoms with Crippen LogP contribution in [0.25, 0.3) is 0 Å². The van der Waals surface area contributed by atoms with Crippen LogP contribution in [0.3, 0.4) is 0 Å². The van der Waals surface area contributed by atoms with E-state index >= 15 is 0 Å². The Bertz CT molecular complexity index is 1150. The van der Waals surface area contributed by atoms with Gasteiger partial charge in [0.1, 0.15) is 11.7 Å². The normalized spacial score (nSPS) is 17.4. The first-order chi connectivity index (χ1) is 16.8. The van der Waals surface area contributed by atoms with Gasteiger partial charge in [-0.1, -0.05) is 40.9 Å². The molecule has 0 spiro atoms. The number of aryl methyl sites for hydroxylation is 1. The van der Waals surface area contributed by atoms with Gasteiger partial charge < -0.3 is 19.5 Å². The highest BCUT2D eigenvalue weighted by molar-refractivity contribution is 8.03. The van der Waals surface area contributed by atoms with Crippen molar-refractivity contribution in [2.75, 3.05) is 26.1 Å². The van der Waals surface area contributed by atoms with Crippen molar-refractivity contribution in [3.8, 4) is 17.6 Å². The number of amides is 1. The molecule has 0 aliphatic carbocycles. The van der Waals surface area contributed by atoms with Gasteiger partial charge in [-0.2, -0.15) is 5.26 Å². The number of hydrogen-bond donors (Lipinski definition) is 1. The molecule has 0 aromatic heterocycles. The number of esters is 1. The van der Waals surface area contributed by atoms with Crippen molar-refractivity contribution in [2.45, 2.75) is 19.8 Å². The van der Waals surface area contributed by atoms with Crippen LogP contribution in [-0.4, -0.2) is 38.0 Å². The summed E-state index contributed by atoms with van der Waals surface area (Å²) in [4.78, 5) is 25.6. The highest BCUT2D eigenvalue weighted by Crippen LogP contribution is 2.44. The van der Waals surface area contributed by atoms with Crippen LogP contribution < -0.4 is 14.8 Å². The molecule has 0 radical (unpaired) electrons. The van der Waals surface area contributed by atoms with Gasteiger partial charge in [-0.15, -0.1) is 11.8 Å². The molecular formula is C25H24Cl2N2O5S. The summed E-state index contributed by atoms with van der Waals surface area (Å²) in [6.45, 7) is 4.48. The van der Waals surface area contributed by atoms with Gasteiger partial charge >= 0.3 is 5.97 Å². The van der Waals surface area contributed by atoms with E-state index in [1.165, 1.54) is 18.9 Å². The van der Waals surface area contributed by atoms with E-state index in [1.54, 1.807) is 19.1 Å². The van der Waals surface area contributed by atoms with Crippen LogP contribution in [0.4, 0.5) is 0 Å².